The quantitative estimate of drug-likeness (QED) is 0.232. The third kappa shape index (κ3) is 5.42. The van der Waals surface area contributed by atoms with Gasteiger partial charge in [-0.3, -0.25) is 24.6 Å². The summed E-state index contributed by atoms with van der Waals surface area (Å²) >= 11 is 6.76. The Hall–Kier alpha value is -3.62. The third-order valence-corrected chi connectivity index (χ3v) is 6.03. The first-order valence-corrected chi connectivity index (χ1v) is 11.0. The predicted octanol–water partition coefficient (Wildman–Crippen LogP) is 6.06. The Bertz CT molecular complexity index is 1240. The number of nitro groups is 1. The van der Waals surface area contributed by atoms with E-state index in [2.05, 4.69) is 0 Å². The standard InChI is InChI=1S/C24H17ClN2O5S/c25-19-9-5-17(6-10-19)15-32-21-4-2-1-3-18(21)13-22-23(28)26(24(29)33-22)14-16-7-11-20(12-8-16)27(30)31/h1-13H,14-15H2/b22-13-. The number of carbonyl (C=O) groups excluding carboxylic acids is 2. The smallest absolute Gasteiger partial charge is 0.293 e. The fraction of sp³-hybridized carbons (Fsp3) is 0.0833. The number of hydrogen-bond donors (Lipinski definition) is 0. The van der Waals surface area contributed by atoms with Gasteiger partial charge in [0, 0.05) is 22.7 Å². The van der Waals surface area contributed by atoms with Gasteiger partial charge in [0.15, 0.2) is 0 Å². The van der Waals surface area contributed by atoms with Crippen LogP contribution in [0.1, 0.15) is 16.7 Å². The molecule has 3 aromatic carbocycles. The average molecular weight is 481 g/mol. The number of benzene rings is 3. The lowest BCUT2D eigenvalue weighted by atomic mass is 10.1. The molecule has 0 saturated carbocycles. The van der Waals surface area contributed by atoms with Crippen LogP contribution < -0.4 is 4.74 Å². The molecule has 3 aromatic rings. The highest BCUT2D eigenvalue weighted by atomic mass is 35.5. The summed E-state index contributed by atoms with van der Waals surface area (Å²) in [5.41, 5.74) is 2.18. The van der Waals surface area contributed by atoms with Crippen LogP contribution in [-0.2, 0) is 17.9 Å². The minimum Gasteiger partial charge on any atom is -0.488 e. The minimum atomic E-state index is -0.501. The summed E-state index contributed by atoms with van der Waals surface area (Å²) in [7, 11) is 0. The Morgan fingerprint density at radius 1 is 0.970 bits per heavy atom. The molecule has 166 valence electrons. The molecule has 9 heteroatoms. The molecule has 33 heavy (non-hydrogen) atoms. The summed E-state index contributed by atoms with van der Waals surface area (Å²) in [5.74, 6) is 0.158. The Morgan fingerprint density at radius 3 is 2.33 bits per heavy atom. The highest BCUT2D eigenvalue weighted by Crippen LogP contribution is 2.35. The molecule has 1 aliphatic heterocycles. The van der Waals surface area contributed by atoms with E-state index < -0.39 is 16.1 Å². The Morgan fingerprint density at radius 2 is 1.64 bits per heavy atom. The summed E-state index contributed by atoms with van der Waals surface area (Å²) in [5, 5.41) is 11.0. The van der Waals surface area contributed by atoms with Crippen LogP contribution in [0.3, 0.4) is 0 Å². The van der Waals surface area contributed by atoms with E-state index in [-0.39, 0.29) is 17.1 Å². The van der Waals surface area contributed by atoms with Gasteiger partial charge in [0.05, 0.1) is 16.4 Å². The van der Waals surface area contributed by atoms with Gasteiger partial charge in [0.25, 0.3) is 16.8 Å². The van der Waals surface area contributed by atoms with E-state index in [4.69, 9.17) is 16.3 Å². The lowest BCUT2D eigenvalue weighted by Crippen LogP contribution is -2.27. The SMILES string of the molecule is O=C1S/C(=C\c2ccccc2OCc2ccc(Cl)cc2)C(=O)N1Cc1ccc([N+](=O)[O-])cc1. The first-order chi connectivity index (χ1) is 15.9. The number of halogens is 1. The number of carbonyl (C=O) groups is 2. The van der Waals surface area contributed by atoms with Crippen molar-refractivity contribution < 1.29 is 19.2 Å². The molecule has 0 spiro atoms. The monoisotopic (exact) mass is 480 g/mol. The largest absolute Gasteiger partial charge is 0.488 e. The minimum absolute atomic E-state index is 0.0364. The summed E-state index contributed by atoms with van der Waals surface area (Å²) in [6.45, 7) is 0.359. The molecule has 1 saturated heterocycles. The molecule has 0 bridgehead atoms. The zero-order valence-corrected chi connectivity index (χ0v) is 18.7. The van der Waals surface area contributed by atoms with Gasteiger partial charge in [0.1, 0.15) is 12.4 Å². The zero-order chi connectivity index (χ0) is 23.4. The normalized spacial score (nSPS) is 14.7. The van der Waals surface area contributed by atoms with Crippen molar-refractivity contribution in [2.75, 3.05) is 0 Å². The molecule has 0 N–H and O–H groups in total. The molecular weight excluding hydrogens is 464 g/mol. The summed E-state index contributed by atoms with van der Waals surface area (Å²) in [4.78, 5) is 37.0. The fourth-order valence-electron chi connectivity index (χ4n) is 3.16. The number of ether oxygens (including phenoxy) is 1. The number of imide groups is 1. The van der Waals surface area contributed by atoms with Crippen LogP contribution >= 0.6 is 23.4 Å². The van der Waals surface area contributed by atoms with E-state index in [0.29, 0.717) is 28.5 Å². The lowest BCUT2D eigenvalue weighted by Gasteiger charge is -2.12. The van der Waals surface area contributed by atoms with Gasteiger partial charge in [-0.05, 0) is 47.2 Å². The Balaban J connectivity index is 1.49. The molecule has 4 rings (SSSR count). The first kappa shape index (κ1) is 22.6. The lowest BCUT2D eigenvalue weighted by molar-refractivity contribution is -0.384. The highest BCUT2D eigenvalue weighted by Gasteiger charge is 2.35. The number of para-hydroxylation sites is 1. The van der Waals surface area contributed by atoms with Gasteiger partial charge in [-0.2, -0.15) is 0 Å². The van der Waals surface area contributed by atoms with Gasteiger partial charge < -0.3 is 4.74 Å². The molecular formula is C24H17ClN2O5S. The Labute approximate surface area is 198 Å². The zero-order valence-electron chi connectivity index (χ0n) is 17.1. The van der Waals surface area contributed by atoms with Crippen molar-refractivity contribution in [1.29, 1.82) is 0 Å². The number of hydrogen-bond acceptors (Lipinski definition) is 6. The van der Waals surface area contributed by atoms with Gasteiger partial charge in [-0.1, -0.05) is 54.1 Å². The second-order valence-electron chi connectivity index (χ2n) is 7.14. The molecule has 0 aliphatic carbocycles. The number of nitrogens with zero attached hydrogens (tertiary/aromatic N) is 2. The third-order valence-electron chi connectivity index (χ3n) is 4.87. The van der Waals surface area contributed by atoms with Gasteiger partial charge in [0.2, 0.25) is 0 Å². The van der Waals surface area contributed by atoms with Crippen LogP contribution in [0, 0.1) is 10.1 Å². The molecule has 0 unspecified atom stereocenters. The maximum absolute atomic E-state index is 12.9. The van der Waals surface area contributed by atoms with E-state index in [1.165, 1.54) is 24.3 Å². The van der Waals surface area contributed by atoms with Gasteiger partial charge in [-0.25, -0.2) is 0 Å². The molecule has 0 radical (unpaired) electrons. The van der Waals surface area contributed by atoms with Crippen LogP contribution in [0.25, 0.3) is 6.08 Å². The van der Waals surface area contributed by atoms with Gasteiger partial charge >= 0.3 is 0 Å². The Kier molecular flexibility index (Phi) is 6.76. The molecule has 1 heterocycles. The van der Waals surface area contributed by atoms with Crippen LogP contribution in [0.2, 0.25) is 5.02 Å². The van der Waals surface area contributed by atoms with Crippen LogP contribution in [0.5, 0.6) is 5.75 Å². The van der Waals surface area contributed by atoms with E-state index in [0.717, 1.165) is 22.2 Å². The van der Waals surface area contributed by atoms with E-state index >= 15 is 0 Å². The highest BCUT2D eigenvalue weighted by molar-refractivity contribution is 8.18. The molecule has 2 amide bonds. The summed E-state index contributed by atoms with van der Waals surface area (Å²) in [6.07, 6.45) is 1.64. The topological polar surface area (TPSA) is 89.8 Å². The number of nitro benzene ring substituents is 1. The summed E-state index contributed by atoms with van der Waals surface area (Å²) in [6, 6.07) is 20.3. The van der Waals surface area contributed by atoms with E-state index in [9.17, 15) is 19.7 Å². The molecule has 7 nitrogen and oxygen atoms in total. The number of thioether (sulfide) groups is 1. The van der Waals surface area contributed by atoms with Crippen molar-refractivity contribution in [3.63, 3.8) is 0 Å². The average Bonchev–Trinajstić information content (AvgIpc) is 3.07. The van der Waals surface area contributed by atoms with Crippen LogP contribution in [0.15, 0.2) is 77.7 Å². The summed E-state index contributed by atoms with van der Waals surface area (Å²) < 4.78 is 5.93. The second kappa shape index (κ2) is 9.89. The van der Waals surface area contributed by atoms with Crippen molar-refractivity contribution in [3.8, 4) is 5.75 Å². The predicted molar refractivity (Wildman–Crippen MR) is 127 cm³/mol. The molecule has 1 aliphatic rings. The van der Waals surface area contributed by atoms with Crippen LogP contribution in [-0.4, -0.2) is 21.0 Å². The van der Waals surface area contributed by atoms with Gasteiger partial charge in [-0.15, -0.1) is 0 Å². The molecule has 0 aromatic heterocycles. The van der Waals surface area contributed by atoms with E-state index in [1.807, 2.05) is 30.3 Å². The van der Waals surface area contributed by atoms with Crippen molar-refractivity contribution in [3.05, 3.63) is 110 Å². The maximum atomic E-state index is 12.9. The van der Waals surface area contributed by atoms with Crippen molar-refractivity contribution >= 4 is 46.3 Å². The van der Waals surface area contributed by atoms with Crippen molar-refractivity contribution in [1.82, 2.24) is 4.90 Å². The first-order valence-electron chi connectivity index (χ1n) is 9.86. The second-order valence-corrected chi connectivity index (χ2v) is 8.57. The number of rotatable bonds is 7. The number of non-ortho nitro benzene ring substituents is 1. The fourth-order valence-corrected chi connectivity index (χ4v) is 4.11. The van der Waals surface area contributed by atoms with Crippen molar-refractivity contribution in [2.45, 2.75) is 13.2 Å². The number of amides is 2. The molecule has 1 fully saturated rings. The van der Waals surface area contributed by atoms with Crippen LogP contribution in [0.4, 0.5) is 10.5 Å². The van der Waals surface area contributed by atoms with E-state index in [1.54, 1.807) is 24.3 Å². The molecule has 0 atom stereocenters. The van der Waals surface area contributed by atoms with Crippen molar-refractivity contribution in [2.24, 2.45) is 0 Å². The maximum Gasteiger partial charge on any atom is 0.293 e.